The lowest BCUT2D eigenvalue weighted by molar-refractivity contribution is 0.282. The summed E-state index contributed by atoms with van der Waals surface area (Å²) in [6, 6.07) is 7.66. The minimum atomic E-state index is -0.381. The molecule has 6 heteroatoms. The molecule has 2 aromatic carbocycles. The first-order valence-corrected chi connectivity index (χ1v) is 7.92. The van der Waals surface area contributed by atoms with E-state index in [1.54, 1.807) is 25.3 Å². The summed E-state index contributed by atoms with van der Waals surface area (Å²) < 4.78 is 24.1. The predicted octanol–water partition coefficient (Wildman–Crippen LogP) is 5.62. The Hall–Kier alpha value is -0.970. The van der Waals surface area contributed by atoms with Crippen LogP contribution in [0.4, 0.5) is 4.39 Å². The molecule has 0 aliphatic rings. The fourth-order valence-electron chi connectivity index (χ4n) is 1.83. The maximum Gasteiger partial charge on any atom is 0.165 e. The Kier molecular flexibility index (Phi) is 5.73. The van der Waals surface area contributed by atoms with Crippen LogP contribution in [0.3, 0.4) is 0 Å². The first kappa shape index (κ1) is 16.4. The molecule has 0 amide bonds. The minimum absolute atomic E-state index is 0.205. The van der Waals surface area contributed by atoms with Gasteiger partial charge in [-0.2, -0.15) is 0 Å². The topological polar surface area (TPSA) is 18.5 Å². The standard InChI is InChI=1S/C15H12BrCl2FO2/c1-20-14-5-11(17)4-10(7-16)15(14)21-8-9-2-3-12(19)6-13(9)18/h2-6H,7-8H2,1H3. The number of hydrogen-bond acceptors (Lipinski definition) is 2. The second kappa shape index (κ2) is 7.34. The second-order valence-corrected chi connectivity index (χ2v) is 5.66. The van der Waals surface area contributed by atoms with Crippen LogP contribution in [0.2, 0.25) is 10.0 Å². The molecular formula is C15H12BrCl2FO2. The van der Waals surface area contributed by atoms with Gasteiger partial charge < -0.3 is 9.47 Å². The molecule has 0 aliphatic heterocycles. The highest BCUT2D eigenvalue weighted by Crippen LogP contribution is 2.36. The van der Waals surface area contributed by atoms with Crippen LogP contribution in [0.25, 0.3) is 0 Å². The summed E-state index contributed by atoms with van der Waals surface area (Å²) in [4.78, 5) is 0. The molecule has 112 valence electrons. The van der Waals surface area contributed by atoms with Gasteiger partial charge in [0.1, 0.15) is 12.4 Å². The fraction of sp³-hybridized carbons (Fsp3) is 0.200. The van der Waals surface area contributed by atoms with Crippen LogP contribution < -0.4 is 9.47 Å². The van der Waals surface area contributed by atoms with E-state index >= 15 is 0 Å². The third-order valence-corrected chi connectivity index (χ3v) is 4.02. The average Bonchev–Trinajstić information content (AvgIpc) is 2.46. The molecular weight excluding hydrogens is 382 g/mol. The molecule has 2 rings (SSSR count). The van der Waals surface area contributed by atoms with Crippen molar-refractivity contribution in [1.82, 2.24) is 0 Å². The van der Waals surface area contributed by atoms with E-state index in [1.807, 2.05) is 0 Å². The van der Waals surface area contributed by atoms with Crippen LogP contribution in [-0.4, -0.2) is 7.11 Å². The lowest BCUT2D eigenvalue weighted by Gasteiger charge is -2.15. The molecule has 0 saturated carbocycles. The van der Waals surface area contributed by atoms with Gasteiger partial charge >= 0.3 is 0 Å². The Balaban J connectivity index is 2.26. The van der Waals surface area contributed by atoms with Crippen LogP contribution in [0, 0.1) is 5.82 Å². The van der Waals surface area contributed by atoms with Crippen LogP contribution in [0.15, 0.2) is 30.3 Å². The Labute approximate surface area is 140 Å². The molecule has 0 spiro atoms. The number of methoxy groups -OCH3 is 1. The third kappa shape index (κ3) is 4.02. The molecule has 0 N–H and O–H groups in total. The molecule has 0 atom stereocenters. The van der Waals surface area contributed by atoms with E-state index < -0.39 is 0 Å². The normalized spacial score (nSPS) is 10.5. The predicted molar refractivity (Wildman–Crippen MR) is 86.4 cm³/mol. The van der Waals surface area contributed by atoms with Crippen molar-refractivity contribution in [3.8, 4) is 11.5 Å². The van der Waals surface area contributed by atoms with Crippen molar-refractivity contribution >= 4 is 39.1 Å². The van der Waals surface area contributed by atoms with Crippen LogP contribution in [-0.2, 0) is 11.9 Å². The van der Waals surface area contributed by atoms with Crippen molar-refractivity contribution in [3.05, 3.63) is 57.3 Å². The lowest BCUT2D eigenvalue weighted by atomic mass is 10.2. The highest BCUT2D eigenvalue weighted by atomic mass is 79.9. The van der Waals surface area contributed by atoms with Gasteiger partial charge in [0.25, 0.3) is 0 Å². The molecule has 0 radical (unpaired) electrons. The zero-order valence-electron chi connectivity index (χ0n) is 11.1. The number of hydrogen-bond donors (Lipinski definition) is 0. The number of alkyl halides is 1. The van der Waals surface area contributed by atoms with E-state index in [0.29, 0.717) is 32.4 Å². The van der Waals surface area contributed by atoms with Gasteiger partial charge in [0, 0.05) is 27.5 Å². The van der Waals surface area contributed by atoms with Crippen molar-refractivity contribution in [2.24, 2.45) is 0 Å². The Morgan fingerprint density at radius 2 is 1.90 bits per heavy atom. The number of halogens is 4. The molecule has 0 heterocycles. The minimum Gasteiger partial charge on any atom is -0.493 e. The van der Waals surface area contributed by atoms with Gasteiger partial charge in [-0.25, -0.2) is 4.39 Å². The van der Waals surface area contributed by atoms with E-state index in [1.165, 1.54) is 12.1 Å². The largest absolute Gasteiger partial charge is 0.493 e. The quantitative estimate of drug-likeness (QED) is 0.614. The summed E-state index contributed by atoms with van der Waals surface area (Å²) in [5.41, 5.74) is 1.55. The molecule has 2 aromatic rings. The highest BCUT2D eigenvalue weighted by molar-refractivity contribution is 9.08. The number of rotatable bonds is 5. The smallest absolute Gasteiger partial charge is 0.165 e. The highest BCUT2D eigenvalue weighted by Gasteiger charge is 2.13. The summed E-state index contributed by atoms with van der Waals surface area (Å²) in [7, 11) is 1.54. The van der Waals surface area contributed by atoms with Crippen molar-refractivity contribution in [2.45, 2.75) is 11.9 Å². The Bertz CT molecular complexity index is 625. The fourth-order valence-corrected chi connectivity index (χ4v) is 2.70. The lowest BCUT2D eigenvalue weighted by Crippen LogP contribution is -2.01. The maximum atomic E-state index is 13.0. The van der Waals surface area contributed by atoms with Gasteiger partial charge in [-0.3, -0.25) is 0 Å². The van der Waals surface area contributed by atoms with Gasteiger partial charge in [-0.05, 0) is 18.2 Å². The van der Waals surface area contributed by atoms with Crippen LogP contribution in [0.1, 0.15) is 11.1 Å². The zero-order valence-corrected chi connectivity index (χ0v) is 14.2. The molecule has 0 saturated heterocycles. The monoisotopic (exact) mass is 392 g/mol. The molecule has 0 unspecified atom stereocenters. The maximum absolute atomic E-state index is 13.0. The Morgan fingerprint density at radius 3 is 2.52 bits per heavy atom. The average molecular weight is 394 g/mol. The number of ether oxygens (including phenoxy) is 2. The van der Waals surface area contributed by atoms with Gasteiger partial charge in [-0.15, -0.1) is 0 Å². The van der Waals surface area contributed by atoms with Gasteiger partial charge in [0.2, 0.25) is 0 Å². The molecule has 2 nitrogen and oxygen atoms in total. The second-order valence-electron chi connectivity index (χ2n) is 4.25. The van der Waals surface area contributed by atoms with E-state index in [0.717, 1.165) is 5.56 Å². The zero-order chi connectivity index (χ0) is 15.4. The first-order chi connectivity index (χ1) is 10.0. The van der Waals surface area contributed by atoms with Crippen molar-refractivity contribution in [1.29, 1.82) is 0 Å². The molecule has 0 bridgehead atoms. The SMILES string of the molecule is COc1cc(Cl)cc(CBr)c1OCc1ccc(F)cc1Cl. The summed E-state index contributed by atoms with van der Waals surface area (Å²) >= 11 is 15.4. The van der Waals surface area contributed by atoms with Crippen molar-refractivity contribution in [2.75, 3.05) is 7.11 Å². The van der Waals surface area contributed by atoms with E-state index in [2.05, 4.69) is 15.9 Å². The summed E-state index contributed by atoms with van der Waals surface area (Å²) in [5.74, 6) is 0.739. The summed E-state index contributed by atoms with van der Waals surface area (Å²) in [6.45, 7) is 0.205. The van der Waals surface area contributed by atoms with E-state index in [-0.39, 0.29) is 12.4 Å². The molecule has 21 heavy (non-hydrogen) atoms. The number of benzene rings is 2. The molecule has 0 fully saturated rings. The van der Waals surface area contributed by atoms with Crippen LogP contribution >= 0.6 is 39.1 Å². The van der Waals surface area contributed by atoms with Crippen molar-refractivity contribution in [3.63, 3.8) is 0 Å². The van der Waals surface area contributed by atoms with Gasteiger partial charge in [0.05, 0.1) is 12.1 Å². The van der Waals surface area contributed by atoms with E-state index in [4.69, 9.17) is 32.7 Å². The van der Waals surface area contributed by atoms with Gasteiger partial charge in [0.15, 0.2) is 11.5 Å². The Morgan fingerprint density at radius 1 is 1.14 bits per heavy atom. The van der Waals surface area contributed by atoms with E-state index in [9.17, 15) is 4.39 Å². The third-order valence-electron chi connectivity index (χ3n) is 2.85. The van der Waals surface area contributed by atoms with Gasteiger partial charge in [-0.1, -0.05) is 45.2 Å². The molecule has 0 aliphatic carbocycles. The molecule has 0 aromatic heterocycles. The summed E-state index contributed by atoms with van der Waals surface area (Å²) in [6.07, 6.45) is 0. The van der Waals surface area contributed by atoms with Crippen molar-refractivity contribution < 1.29 is 13.9 Å². The van der Waals surface area contributed by atoms with Crippen LogP contribution in [0.5, 0.6) is 11.5 Å². The summed E-state index contributed by atoms with van der Waals surface area (Å²) in [5, 5.41) is 1.45. The first-order valence-electron chi connectivity index (χ1n) is 6.04.